The third-order valence-corrected chi connectivity index (χ3v) is 2.64. The standard InChI is InChI=1S/C12H8ClF2N3O/c13-11-10(2-1-3-17-11)18-12(19)6-4-9(16)8(15)5-7(6)14/h1-5H,16H2,(H,18,19). The van der Waals surface area contributed by atoms with Crippen molar-refractivity contribution in [3.05, 3.63) is 52.8 Å². The van der Waals surface area contributed by atoms with E-state index in [2.05, 4.69) is 10.3 Å². The fourth-order valence-electron chi connectivity index (χ4n) is 1.41. The number of hydrogen-bond donors (Lipinski definition) is 2. The maximum atomic E-state index is 13.5. The van der Waals surface area contributed by atoms with Crippen molar-refractivity contribution in [2.45, 2.75) is 0 Å². The molecule has 0 saturated heterocycles. The van der Waals surface area contributed by atoms with Crippen LogP contribution in [0.4, 0.5) is 20.2 Å². The summed E-state index contributed by atoms with van der Waals surface area (Å²) in [6.45, 7) is 0. The van der Waals surface area contributed by atoms with E-state index in [0.717, 1.165) is 6.07 Å². The normalized spacial score (nSPS) is 10.3. The molecular weight excluding hydrogens is 276 g/mol. The number of nitrogens with zero attached hydrogens (tertiary/aromatic N) is 1. The Labute approximate surface area is 112 Å². The predicted octanol–water partition coefficient (Wildman–Crippen LogP) is 2.85. The molecule has 0 spiro atoms. The van der Waals surface area contributed by atoms with Crippen molar-refractivity contribution >= 4 is 28.9 Å². The Balaban J connectivity index is 2.31. The van der Waals surface area contributed by atoms with Gasteiger partial charge in [0.2, 0.25) is 0 Å². The SMILES string of the molecule is Nc1cc(C(=O)Nc2cccnc2Cl)c(F)cc1F. The summed E-state index contributed by atoms with van der Waals surface area (Å²) >= 11 is 5.75. The summed E-state index contributed by atoms with van der Waals surface area (Å²) in [6, 6.07) is 4.52. The van der Waals surface area contributed by atoms with E-state index in [1.54, 1.807) is 6.07 Å². The van der Waals surface area contributed by atoms with Crippen molar-refractivity contribution in [1.29, 1.82) is 0 Å². The molecular formula is C12H8ClF2N3O. The Kier molecular flexibility index (Phi) is 3.62. The topological polar surface area (TPSA) is 68.0 Å². The van der Waals surface area contributed by atoms with Gasteiger partial charge in [-0.1, -0.05) is 11.6 Å². The van der Waals surface area contributed by atoms with Gasteiger partial charge in [0.05, 0.1) is 16.9 Å². The monoisotopic (exact) mass is 283 g/mol. The number of amides is 1. The molecule has 2 rings (SSSR count). The molecule has 0 aliphatic rings. The Hall–Kier alpha value is -2.21. The smallest absolute Gasteiger partial charge is 0.258 e. The Morgan fingerprint density at radius 1 is 1.32 bits per heavy atom. The second-order valence-corrected chi connectivity index (χ2v) is 4.01. The molecule has 2 aromatic rings. The zero-order valence-electron chi connectivity index (χ0n) is 9.45. The third-order valence-electron chi connectivity index (χ3n) is 2.34. The van der Waals surface area contributed by atoms with Crippen LogP contribution < -0.4 is 11.1 Å². The van der Waals surface area contributed by atoms with Gasteiger partial charge in [0.25, 0.3) is 5.91 Å². The van der Waals surface area contributed by atoms with Gasteiger partial charge >= 0.3 is 0 Å². The van der Waals surface area contributed by atoms with Crippen molar-refractivity contribution < 1.29 is 13.6 Å². The van der Waals surface area contributed by atoms with Crippen LogP contribution in [0.2, 0.25) is 5.15 Å². The van der Waals surface area contributed by atoms with E-state index in [4.69, 9.17) is 17.3 Å². The number of halogens is 3. The molecule has 0 radical (unpaired) electrons. The van der Waals surface area contributed by atoms with Crippen LogP contribution in [-0.2, 0) is 0 Å². The molecule has 3 N–H and O–H groups in total. The molecule has 0 fully saturated rings. The molecule has 4 nitrogen and oxygen atoms in total. The highest BCUT2D eigenvalue weighted by Gasteiger charge is 2.16. The highest BCUT2D eigenvalue weighted by atomic mass is 35.5. The Morgan fingerprint density at radius 2 is 2.05 bits per heavy atom. The van der Waals surface area contributed by atoms with Crippen LogP contribution in [0.15, 0.2) is 30.5 Å². The van der Waals surface area contributed by atoms with E-state index in [1.807, 2.05) is 0 Å². The molecule has 0 unspecified atom stereocenters. The van der Waals surface area contributed by atoms with Gasteiger partial charge in [-0.25, -0.2) is 13.8 Å². The lowest BCUT2D eigenvalue weighted by Gasteiger charge is -2.08. The van der Waals surface area contributed by atoms with Crippen molar-refractivity contribution in [1.82, 2.24) is 4.98 Å². The van der Waals surface area contributed by atoms with E-state index >= 15 is 0 Å². The summed E-state index contributed by atoms with van der Waals surface area (Å²) < 4.78 is 26.5. The Bertz CT molecular complexity index is 649. The van der Waals surface area contributed by atoms with Crippen molar-refractivity contribution in [2.24, 2.45) is 0 Å². The molecule has 1 aromatic carbocycles. The van der Waals surface area contributed by atoms with Crippen LogP contribution in [0.25, 0.3) is 0 Å². The van der Waals surface area contributed by atoms with E-state index in [0.29, 0.717) is 6.07 Å². The number of nitrogen functional groups attached to an aromatic ring is 1. The number of pyridine rings is 1. The zero-order valence-corrected chi connectivity index (χ0v) is 10.2. The number of hydrogen-bond acceptors (Lipinski definition) is 3. The molecule has 0 bridgehead atoms. The molecule has 19 heavy (non-hydrogen) atoms. The minimum atomic E-state index is -1.01. The largest absolute Gasteiger partial charge is 0.396 e. The van der Waals surface area contributed by atoms with Gasteiger partial charge in [-0.3, -0.25) is 4.79 Å². The molecule has 0 atom stereocenters. The quantitative estimate of drug-likeness (QED) is 0.658. The number of carbonyl (C=O) groups excluding carboxylic acids is 1. The van der Waals surface area contributed by atoms with Crippen LogP contribution in [0.1, 0.15) is 10.4 Å². The van der Waals surface area contributed by atoms with Crippen molar-refractivity contribution in [3.63, 3.8) is 0 Å². The van der Waals surface area contributed by atoms with Gasteiger partial charge in [-0.15, -0.1) is 0 Å². The number of nitrogens with two attached hydrogens (primary N) is 1. The van der Waals surface area contributed by atoms with Crippen molar-refractivity contribution in [2.75, 3.05) is 11.1 Å². The van der Waals surface area contributed by atoms with Crippen LogP contribution in [-0.4, -0.2) is 10.9 Å². The number of nitrogens with one attached hydrogen (secondary N) is 1. The first-order valence-corrected chi connectivity index (χ1v) is 5.53. The number of anilines is 2. The minimum absolute atomic E-state index is 0.0614. The number of aromatic nitrogens is 1. The summed E-state index contributed by atoms with van der Waals surface area (Å²) in [4.78, 5) is 15.6. The zero-order chi connectivity index (χ0) is 14.0. The van der Waals surface area contributed by atoms with E-state index in [9.17, 15) is 13.6 Å². The lowest BCUT2D eigenvalue weighted by Crippen LogP contribution is -2.15. The van der Waals surface area contributed by atoms with Crippen molar-refractivity contribution in [3.8, 4) is 0 Å². The molecule has 7 heteroatoms. The maximum absolute atomic E-state index is 13.5. The summed E-state index contributed by atoms with van der Waals surface area (Å²) in [6.07, 6.45) is 1.44. The van der Waals surface area contributed by atoms with Gasteiger partial charge in [0.1, 0.15) is 11.6 Å². The number of benzene rings is 1. The van der Waals surface area contributed by atoms with Gasteiger partial charge < -0.3 is 11.1 Å². The van der Waals surface area contributed by atoms with Crippen LogP contribution in [0, 0.1) is 11.6 Å². The fourth-order valence-corrected chi connectivity index (χ4v) is 1.58. The summed E-state index contributed by atoms with van der Waals surface area (Å²) in [5.74, 6) is -2.73. The highest BCUT2D eigenvalue weighted by molar-refractivity contribution is 6.32. The van der Waals surface area contributed by atoms with Crippen LogP contribution >= 0.6 is 11.6 Å². The maximum Gasteiger partial charge on any atom is 0.258 e. The second-order valence-electron chi connectivity index (χ2n) is 3.65. The minimum Gasteiger partial charge on any atom is -0.396 e. The van der Waals surface area contributed by atoms with E-state index in [1.165, 1.54) is 12.3 Å². The highest BCUT2D eigenvalue weighted by Crippen LogP contribution is 2.21. The predicted molar refractivity (Wildman–Crippen MR) is 68.0 cm³/mol. The third kappa shape index (κ3) is 2.79. The van der Waals surface area contributed by atoms with E-state index in [-0.39, 0.29) is 22.1 Å². The number of carbonyl (C=O) groups is 1. The molecule has 0 aliphatic heterocycles. The van der Waals surface area contributed by atoms with Gasteiger partial charge in [0, 0.05) is 12.3 Å². The summed E-state index contributed by atoms with van der Waals surface area (Å²) in [7, 11) is 0. The average Bonchev–Trinajstić information content (AvgIpc) is 2.36. The van der Waals surface area contributed by atoms with Gasteiger partial charge in [-0.05, 0) is 18.2 Å². The summed E-state index contributed by atoms with van der Waals surface area (Å²) in [5, 5.41) is 2.42. The van der Waals surface area contributed by atoms with E-state index < -0.39 is 17.5 Å². The first-order chi connectivity index (χ1) is 8.99. The second kappa shape index (κ2) is 5.19. The van der Waals surface area contributed by atoms with Gasteiger partial charge in [0.15, 0.2) is 5.15 Å². The average molecular weight is 284 g/mol. The lowest BCUT2D eigenvalue weighted by atomic mass is 10.1. The van der Waals surface area contributed by atoms with Crippen LogP contribution in [0.5, 0.6) is 0 Å². The molecule has 1 heterocycles. The van der Waals surface area contributed by atoms with Gasteiger partial charge in [-0.2, -0.15) is 0 Å². The van der Waals surface area contributed by atoms with Crippen LogP contribution in [0.3, 0.4) is 0 Å². The molecule has 1 aromatic heterocycles. The Morgan fingerprint density at radius 3 is 2.74 bits per heavy atom. The molecule has 0 saturated carbocycles. The number of rotatable bonds is 2. The summed E-state index contributed by atoms with van der Waals surface area (Å²) in [5.41, 5.74) is 4.82. The molecule has 0 aliphatic carbocycles. The molecule has 98 valence electrons. The first kappa shape index (κ1) is 13.2. The lowest BCUT2D eigenvalue weighted by molar-refractivity contribution is 0.102. The molecule has 1 amide bonds. The fraction of sp³-hybridized carbons (Fsp3) is 0. The first-order valence-electron chi connectivity index (χ1n) is 5.15.